The number of piperidine rings is 1. The second kappa shape index (κ2) is 8.22. The Labute approximate surface area is 125 Å². The number of amides is 1. The molecule has 5 heteroatoms. The number of benzene rings is 1. The topological polar surface area (TPSA) is 32.3 Å². The lowest BCUT2D eigenvalue weighted by molar-refractivity contribution is -0.134. The quantitative estimate of drug-likeness (QED) is 0.927. The van der Waals surface area contributed by atoms with Crippen LogP contribution in [0.2, 0.25) is 0 Å². The molecule has 2 rings (SSSR count). The van der Waals surface area contributed by atoms with Gasteiger partial charge in [0.25, 0.3) is 0 Å². The van der Waals surface area contributed by atoms with Crippen LogP contribution in [0, 0.1) is 5.82 Å². The predicted octanol–water partition coefficient (Wildman–Crippen LogP) is 2.74. The van der Waals surface area contributed by atoms with Crippen molar-refractivity contribution in [3.05, 3.63) is 35.6 Å². The average Bonchev–Trinajstić information content (AvgIpc) is 2.45. The fourth-order valence-corrected chi connectivity index (χ4v) is 2.48. The van der Waals surface area contributed by atoms with Crippen LogP contribution in [-0.2, 0) is 11.3 Å². The Hall–Kier alpha value is -1.13. The minimum absolute atomic E-state index is 0. The van der Waals surface area contributed by atoms with Crippen LogP contribution >= 0.6 is 12.4 Å². The van der Waals surface area contributed by atoms with Gasteiger partial charge in [-0.1, -0.05) is 18.6 Å². The van der Waals surface area contributed by atoms with Gasteiger partial charge in [-0.15, -0.1) is 12.4 Å². The largest absolute Gasteiger partial charge is 0.337 e. The molecule has 0 bridgehead atoms. The molecule has 1 atom stereocenters. The van der Waals surface area contributed by atoms with Crippen LogP contribution in [-0.4, -0.2) is 29.9 Å². The van der Waals surface area contributed by atoms with Crippen molar-refractivity contribution in [3.8, 4) is 0 Å². The van der Waals surface area contributed by atoms with Gasteiger partial charge in [-0.3, -0.25) is 4.79 Å². The summed E-state index contributed by atoms with van der Waals surface area (Å²) < 4.78 is 13.2. The Bertz CT molecular complexity index is 436. The monoisotopic (exact) mass is 300 g/mol. The number of nitrogens with zero attached hydrogens (tertiary/aromatic N) is 1. The molecular formula is C15H22ClFN2O. The first kappa shape index (κ1) is 16.9. The number of hydrogen-bond donors (Lipinski definition) is 1. The molecule has 1 amide bonds. The molecular weight excluding hydrogens is 279 g/mol. The molecule has 0 radical (unpaired) electrons. The maximum Gasteiger partial charge on any atom is 0.239 e. The van der Waals surface area contributed by atoms with Gasteiger partial charge >= 0.3 is 0 Å². The zero-order valence-corrected chi connectivity index (χ0v) is 12.6. The molecule has 1 heterocycles. The van der Waals surface area contributed by atoms with Crippen LogP contribution in [0.25, 0.3) is 0 Å². The number of carbonyl (C=O) groups is 1. The number of carbonyl (C=O) groups excluding carboxylic acids is 1. The van der Waals surface area contributed by atoms with E-state index in [9.17, 15) is 9.18 Å². The number of rotatable bonds is 4. The summed E-state index contributed by atoms with van der Waals surface area (Å²) in [5.41, 5.74) is 0.839. The SMILES string of the molecule is CCN(Cc1cccc(F)c1)C(=O)[C@H]1CCCCN1.Cl. The second-order valence-electron chi connectivity index (χ2n) is 4.98. The van der Waals surface area contributed by atoms with Gasteiger partial charge in [0.2, 0.25) is 5.91 Å². The molecule has 1 fully saturated rings. The Morgan fingerprint density at radius 2 is 2.25 bits per heavy atom. The first-order valence-electron chi connectivity index (χ1n) is 6.97. The van der Waals surface area contributed by atoms with Gasteiger partial charge in [-0.2, -0.15) is 0 Å². The fourth-order valence-electron chi connectivity index (χ4n) is 2.48. The van der Waals surface area contributed by atoms with Gasteiger partial charge in [-0.05, 0) is 44.0 Å². The molecule has 0 unspecified atom stereocenters. The standard InChI is InChI=1S/C15H21FN2O.ClH/c1-2-18(11-12-6-5-7-13(16)10-12)15(19)14-8-3-4-9-17-14;/h5-7,10,14,17H,2-4,8-9,11H2,1H3;1H/t14-;/m1./s1. The first-order chi connectivity index (χ1) is 9.20. The molecule has 1 N–H and O–H groups in total. The zero-order valence-electron chi connectivity index (χ0n) is 11.8. The van der Waals surface area contributed by atoms with E-state index in [0.717, 1.165) is 31.4 Å². The van der Waals surface area contributed by atoms with E-state index in [0.29, 0.717) is 13.1 Å². The zero-order chi connectivity index (χ0) is 13.7. The lowest BCUT2D eigenvalue weighted by atomic mass is 10.0. The molecule has 1 aliphatic heterocycles. The third-order valence-corrected chi connectivity index (χ3v) is 3.56. The summed E-state index contributed by atoms with van der Waals surface area (Å²) in [5.74, 6) is -0.122. The summed E-state index contributed by atoms with van der Waals surface area (Å²) in [7, 11) is 0. The maximum atomic E-state index is 13.2. The molecule has 1 aromatic rings. The van der Waals surface area contributed by atoms with Gasteiger partial charge in [0.05, 0.1) is 6.04 Å². The van der Waals surface area contributed by atoms with Crippen LogP contribution in [0.1, 0.15) is 31.7 Å². The van der Waals surface area contributed by atoms with Gasteiger partial charge in [0, 0.05) is 13.1 Å². The number of nitrogens with one attached hydrogen (secondary N) is 1. The number of likely N-dealkylation sites (N-methyl/N-ethyl adjacent to an activating group) is 1. The Morgan fingerprint density at radius 1 is 1.45 bits per heavy atom. The van der Waals surface area contributed by atoms with Gasteiger partial charge in [0.1, 0.15) is 5.82 Å². The lowest BCUT2D eigenvalue weighted by Gasteiger charge is -2.29. The summed E-state index contributed by atoms with van der Waals surface area (Å²) in [5, 5.41) is 3.27. The van der Waals surface area contributed by atoms with Crippen molar-refractivity contribution in [2.45, 2.75) is 38.8 Å². The van der Waals surface area contributed by atoms with E-state index in [-0.39, 0.29) is 30.2 Å². The Balaban J connectivity index is 0.00000200. The van der Waals surface area contributed by atoms with E-state index in [4.69, 9.17) is 0 Å². The molecule has 1 saturated heterocycles. The number of hydrogen-bond acceptors (Lipinski definition) is 2. The minimum Gasteiger partial charge on any atom is -0.337 e. The van der Waals surface area contributed by atoms with Gasteiger partial charge in [0.15, 0.2) is 0 Å². The van der Waals surface area contributed by atoms with Crippen LogP contribution in [0.3, 0.4) is 0 Å². The van der Waals surface area contributed by atoms with E-state index in [1.807, 2.05) is 13.0 Å². The minimum atomic E-state index is -0.253. The smallest absolute Gasteiger partial charge is 0.239 e. The molecule has 112 valence electrons. The summed E-state index contributed by atoms with van der Waals surface area (Å²) >= 11 is 0. The normalized spacial score (nSPS) is 18.2. The van der Waals surface area contributed by atoms with Crippen molar-refractivity contribution >= 4 is 18.3 Å². The highest BCUT2D eigenvalue weighted by atomic mass is 35.5. The predicted molar refractivity (Wildman–Crippen MR) is 80.4 cm³/mol. The highest BCUT2D eigenvalue weighted by molar-refractivity contribution is 5.85. The molecule has 20 heavy (non-hydrogen) atoms. The molecule has 0 aromatic heterocycles. The average molecular weight is 301 g/mol. The molecule has 0 saturated carbocycles. The third kappa shape index (κ3) is 4.46. The van der Waals surface area contributed by atoms with Crippen molar-refractivity contribution in [2.24, 2.45) is 0 Å². The van der Waals surface area contributed by atoms with E-state index in [2.05, 4.69) is 5.32 Å². The first-order valence-corrected chi connectivity index (χ1v) is 6.97. The van der Waals surface area contributed by atoms with Crippen LogP contribution in [0.4, 0.5) is 4.39 Å². The lowest BCUT2D eigenvalue weighted by Crippen LogP contribution is -2.48. The van der Waals surface area contributed by atoms with E-state index >= 15 is 0 Å². The van der Waals surface area contributed by atoms with E-state index in [1.165, 1.54) is 12.1 Å². The van der Waals surface area contributed by atoms with E-state index in [1.54, 1.807) is 11.0 Å². The van der Waals surface area contributed by atoms with Crippen LogP contribution in [0.5, 0.6) is 0 Å². The van der Waals surface area contributed by atoms with Gasteiger partial charge in [-0.25, -0.2) is 4.39 Å². The maximum absolute atomic E-state index is 13.2. The summed E-state index contributed by atoms with van der Waals surface area (Å²) in [6, 6.07) is 6.38. The van der Waals surface area contributed by atoms with Gasteiger partial charge < -0.3 is 10.2 Å². The number of halogens is 2. The molecule has 0 aliphatic carbocycles. The highest BCUT2D eigenvalue weighted by Crippen LogP contribution is 2.13. The highest BCUT2D eigenvalue weighted by Gasteiger charge is 2.24. The second-order valence-corrected chi connectivity index (χ2v) is 4.98. The molecule has 0 spiro atoms. The molecule has 1 aromatic carbocycles. The van der Waals surface area contributed by atoms with Crippen molar-refractivity contribution in [1.29, 1.82) is 0 Å². The Kier molecular flexibility index (Phi) is 6.96. The fraction of sp³-hybridized carbons (Fsp3) is 0.533. The molecule has 1 aliphatic rings. The van der Waals surface area contributed by atoms with E-state index < -0.39 is 0 Å². The van der Waals surface area contributed by atoms with Crippen molar-refractivity contribution < 1.29 is 9.18 Å². The van der Waals surface area contributed by atoms with Crippen LogP contribution < -0.4 is 5.32 Å². The third-order valence-electron chi connectivity index (χ3n) is 3.56. The molecule has 3 nitrogen and oxygen atoms in total. The summed E-state index contributed by atoms with van der Waals surface area (Å²) in [6.07, 6.45) is 3.14. The van der Waals surface area contributed by atoms with Crippen molar-refractivity contribution in [1.82, 2.24) is 10.2 Å². The van der Waals surface area contributed by atoms with Crippen molar-refractivity contribution in [3.63, 3.8) is 0 Å². The van der Waals surface area contributed by atoms with Crippen LogP contribution in [0.15, 0.2) is 24.3 Å². The Morgan fingerprint density at radius 3 is 2.85 bits per heavy atom. The summed E-state index contributed by atoms with van der Waals surface area (Å²) in [6.45, 7) is 3.99. The van der Waals surface area contributed by atoms with Crippen molar-refractivity contribution in [2.75, 3.05) is 13.1 Å². The summed E-state index contributed by atoms with van der Waals surface area (Å²) in [4.78, 5) is 14.2.